The Morgan fingerprint density at radius 3 is 1.81 bits per heavy atom. The van der Waals surface area contributed by atoms with Crippen LogP contribution in [-0.4, -0.2) is 69.8 Å². The summed E-state index contributed by atoms with van der Waals surface area (Å²) in [5, 5.41) is 4.01. The molecule has 3 rings (SSSR count). The molecule has 0 radical (unpaired) electrons. The van der Waals surface area contributed by atoms with Gasteiger partial charge in [0, 0.05) is 49.4 Å². The molecule has 1 aliphatic heterocycles. The predicted molar refractivity (Wildman–Crippen MR) is 179 cm³/mol. The van der Waals surface area contributed by atoms with Crippen molar-refractivity contribution in [3.8, 4) is 0 Å². The number of halogens is 4. The molecule has 1 N–H and O–H groups in total. The number of rotatable bonds is 9. The van der Waals surface area contributed by atoms with Gasteiger partial charge < -0.3 is 9.74 Å². The van der Waals surface area contributed by atoms with Crippen molar-refractivity contribution in [1.82, 2.24) is 5.32 Å². The Kier molecular flexibility index (Phi) is 13.4. The molecule has 6 atom stereocenters. The second-order valence-electron chi connectivity index (χ2n) is 12.9. The fraction of sp³-hybridized carbons (Fsp3) is 0.929. The lowest BCUT2D eigenvalue weighted by atomic mass is 9.86. The van der Waals surface area contributed by atoms with Crippen molar-refractivity contribution in [1.29, 1.82) is 0 Å². The molecule has 0 amide bonds. The summed E-state index contributed by atoms with van der Waals surface area (Å²) in [5.41, 5.74) is 2.59. The summed E-state index contributed by atoms with van der Waals surface area (Å²) in [6, 6.07) is 1.23. The van der Waals surface area contributed by atoms with E-state index in [-0.39, 0.29) is 6.04 Å². The zero-order valence-electron chi connectivity index (χ0n) is 23.7. The van der Waals surface area contributed by atoms with Gasteiger partial charge in [-0.3, -0.25) is 9.98 Å². The standard InChI is InChI=1S/C28H49Br4N3OSi/c1-17-13-20(29)27(21(30)14-17)33-19(3)24-9-7-10-25(34-24)26(11-8-12-36-37(4,5)6)35-28-22(31)15-18(2)16-23(28)32/h17-18,20-25,27-28,34H,7-16H2,1-6H3. The third-order valence-corrected chi connectivity index (χ3v) is 12.8. The van der Waals surface area contributed by atoms with Crippen molar-refractivity contribution in [2.24, 2.45) is 21.8 Å². The average molecular weight is 791 g/mol. The SMILES string of the molecule is CC(=NC1C(Br)CC(C)CC1Br)C1CCCC(C(CCCO[Si](C)(C)C)=NC2C(Br)CC(C)CC2Br)N1. The summed E-state index contributed by atoms with van der Waals surface area (Å²) in [5.74, 6) is 1.46. The molecule has 3 aliphatic rings. The number of nitrogens with zero attached hydrogens (tertiary/aromatic N) is 2. The van der Waals surface area contributed by atoms with Crippen LogP contribution in [0.3, 0.4) is 0 Å². The summed E-state index contributed by atoms with van der Waals surface area (Å²) >= 11 is 15.9. The summed E-state index contributed by atoms with van der Waals surface area (Å²) in [7, 11) is -1.50. The molecule has 2 saturated carbocycles. The third-order valence-electron chi connectivity index (χ3n) is 8.07. The van der Waals surface area contributed by atoms with Gasteiger partial charge in [0.15, 0.2) is 8.32 Å². The number of aliphatic imine (C=N–C) groups is 2. The lowest BCUT2D eigenvalue weighted by Crippen LogP contribution is -2.51. The van der Waals surface area contributed by atoms with Crippen LogP contribution < -0.4 is 5.32 Å². The van der Waals surface area contributed by atoms with Gasteiger partial charge in [0.25, 0.3) is 0 Å². The quantitative estimate of drug-likeness (QED) is 0.110. The Bertz CT molecular complexity index is 768. The third kappa shape index (κ3) is 10.3. The van der Waals surface area contributed by atoms with E-state index in [0.717, 1.165) is 44.1 Å². The number of piperidine rings is 1. The number of hydrogen-bond acceptors (Lipinski definition) is 4. The van der Waals surface area contributed by atoms with Gasteiger partial charge in [-0.05, 0) is 96.2 Å². The minimum atomic E-state index is -1.50. The van der Waals surface area contributed by atoms with Gasteiger partial charge in [-0.1, -0.05) is 77.6 Å². The fourth-order valence-corrected chi connectivity index (χ4v) is 12.1. The van der Waals surface area contributed by atoms with Crippen LogP contribution in [0.2, 0.25) is 19.6 Å². The summed E-state index contributed by atoms with van der Waals surface area (Å²) in [4.78, 5) is 12.5. The summed E-state index contributed by atoms with van der Waals surface area (Å²) < 4.78 is 6.20. The summed E-state index contributed by atoms with van der Waals surface area (Å²) in [6.45, 7) is 14.6. The minimum absolute atomic E-state index is 0.286. The van der Waals surface area contributed by atoms with Gasteiger partial charge >= 0.3 is 0 Å². The highest BCUT2D eigenvalue weighted by atomic mass is 79.9. The molecule has 0 spiro atoms. The highest BCUT2D eigenvalue weighted by Gasteiger charge is 2.36. The van der Waals surface area contributed by atoms with Crippen LogP contribution >= 0.6 is 63.7 Å². The van der Waals surface area contributed by atoms with Crippen molar-refractivity contribution in [2.45, 2.75) is 142 Å². The molecule has 214 valence electrons. The number of alkyl halides is 4. The first-order valence-corrected chi connectivity index (χ1v) is 21.5. The van der Waals surface area contributed by atoms with E-state index in [1.54, 1.807) is 0 Å². The summed E-state index contributed by atoms with van der Waals surface area (Å²) in [6.07, 6.45) is 10.3. The predicted octanol–water partition coefficient (Wildman–Crippen LogP) is 8.68. The van der Waals surface area contributed by atoms with E-state index in [9.17, 15) is 0 Å². The molecule has 1 heterocycles. The van der Waals surface area contributed by atoms with Crippen LogP contribution in [-0.2, 0) is 4.43 Å². The van der Waals surface area contributed by atoms with Crippen LogP contribution in [0.25, 0.3) is 0 Å². The normalized spacial score (nSPS) is 40.6. The molecule has 0 aromatic heterocycles. The van der Waals surface area contributed by atoms with E-state index in [1.807, 2.05) is 0 Å². The largest absolute Gasteiger partial charge is 0.418 e. The van der Waals surface area contributed by atoms with Crippen molar-refractivity contribution in [3.05, 3.63) is 0 Å². The van der Waals surface area contributed by atoms with Gasteiger partial charge in [0.2, 0.25) is 0 Å². The molecule has 0 bridgehead atoms. The van der Waals surface area contributed by atoms with Crippen molar-refractivity contribution in [2.75, 3.05) is 6.61 Å². The molecular formula is C28H49Br4N3OSi. The molecule has 4 nitrogen and oxygen atoms in total. The van der Waals surface area contributed by atoms with Crippen molar-refractivity contribution in [3.63, 3.8) is 0 Å². The van der Waals surface area contributed by atoms with Crippen LogP contribution in [0.15, 0.2) is 9.98 Å². The fourth-order valence-electron chi connectivity index (χ4n) is 6.07. The Morgan fingerprint density at radius 1 is 0.811 bits per heavy atom. The van der Waals surface area contributed by atoms with Gasteiger partial charge in [-0.25, -0.2) is 0 Å². The van der Waals surface area contributed by atoms with Gasteiger partial charge in [0.05, 0.1) is 12.1 Å². The van der Waals surface area contributed by atoms with Crippen LogP contribution in [0, 0.1) is 11.8 Å². The highest BCUT2D eigenvalue weighted by molar-refractivity contribution is 9.10. The van der Waals surface area contributed by atoms with E-state index >= 15 is 0 Å². The maximum atomic E-state index is 6.20. The van der Waals surface area contributed by atoms with E-state index in [4.69, 9.17) is 14.4 Å². The molecule has 0 aromatic rings. The Balaban J connectivity index is 1.74. The number of nitrogens with one attached hydrogen (secondary N) is 1. The Morgan fingerprint density at radius 2 is 1.30 bits per heavy atom. The highest BCUT2D eigenvalue weighted by Crippen LogP contribution is 2.37. The minimum Gasteiger partial charge on any atom is -0.418 e. The number of hydrogen-bond donors (Lipinski definition) is 1. The smallest absolute Gasteiger partial charge is 0.183 e. The second kappa shape index (κ2) is 15.0. The van der Waals surface area contributed by atoms with Crippen LogP contribution in [0.1, 0.15) is 78.6 Å². The van der Waals surface area contributed by atoms with E-state index in [1.165, 1.54) is 43.5 Å². The molecule has 37 heavy (non-hydrogen) atoms. The monoisotopic (exact) mass is 787 g/mol. The lowest BCUT2D eigenvalue weighted by Gasteiger charge is -2.37. The van der Waals surface area contributed by atoms with Crippen molar-refractivity contribution >= 4 is 83.5 Å². The zero-order chi connectivity index (χ0) is 27.3. The molecule has 9 heteroatoms. The maximum absolute atomic E-state index is 6.20. The average Bonchev–Trinajstić information content (AvgIpc) is 2.79. The van der Waals surface area contributed by atoms with Gasteiger partial charge in [-0.2, -0.15) is 0 Å². The van der Waals surface area contributed by atoms with Gasteiger partial charge in [-0.15, -0.1) is 0 Å². The molecule has 0 aromatic carbocycles. The molecule has 2 aliphatic carbocycles. The first-order valence-electron chi connectivity index (χ1n) is 14.4. The maximum Gasteiger partial charge on any atom is 0.183 e. The van der Waals surface area contributed by atoms with E-state index in [0.29, 0.717) is 37.4 Å². The second-order valence-corrected chi connectivity index (χ2v) is 22.1. The Hall–Kier alpha value is 1.40. The van der Waals surface area contributed by atoms with Crippen LogP contribution in [0.5, 0.6) is 0 Å². The van der Waals surface area contributed by atoms with Crippen LogP contribution in [0.4, 0.5) is 0 Å². The van der Waals surface area contributed by atoms with Crippen molar-refractivity contribution < 1.29 is 4.43 Å². The molecule has 6 unspecified atom stereocenters. The van der Waals surface area contributed by atoms with E-state index < -0.39 is 8.32 Å². The molecular weight excluding hydrogens is 742 g/mol. The first kappa shape index (κ1) is 32.9. The lowest BCUT2D eigenvalue weighted by molar-refractivity contribution is 0.306. The molecule has 3 fully saturated rings. The topological polar surface area (TPSA) is 46.0 Å². The molecule has 1 saturated heterocycles. The Labute approximate surface area is 261 Å². The first-order chi connectivity index (χ1) is 17.3. The van der Waals surface area contributed by atoms with Gasteiger partial charge in [0.1, 0.15) is 0 Å². The van der Waals surface area contributed by atoms with E-state index in [2.05, 4.69) is 109 Å². The zero-order valence-corrected chi connectivity index (χ0v) is 31.0.